The molecule has 1 heterocycles. The van der Waals surface area contributed by atoms with E-state index in [-0.39, 0.29) is 0 Å². The lowest BCUT2D eigenvalue weighted by atomic mass is 10.1. The first-order valence-electron chi connectivity index (χ1n) is 7.53. The first kappa shape index (κ1) is 15.5. The fourth-order valence-electron chi connectivity index (χ4n) is 2.57. The van der Waals surface area contributed by atoms with Crippen molar-refractivity contribution in [2.24, 2.45) is 7.05 Å². The Morgan fingerprint density at radius 2 is 1.96 bits per heavy atom. The van der Waals surface area contributed by atoms with Gasteiger partial charge in [-0.05, 0) is 30.6 Å². The summed E-state index contributed by atoms with van der Waals surface area (Å²) in [6.07, 6.45) is 1.90. The summed E-state index contributed by atoms with van der Waals surface area (Å²) >= 11 is 5.56. The van der Waals surface area contributed by atoms with E-state index >= 15 is 0 Å². The van der Waals surface area contributed by atoms with E-state index < -0.39 is 0 Å². The summed E-state index contributed by atoms with van der Waals surface area (Å²) in [5, 5.41) is 10.7. The van der Waals surface area contributed by atoms with Gasteiger partial charge in [-0.2, -0.15) is 5.10 Å². The first-order valence-corrected chi connectivity index (χ1v) is 7.94. The summed E-state index contributed by atoms with van der Waals surface area (Å²) in [7, 11) is 3.94. The molecule has 3 rings (SSSR count). The number of nitrogens with one attached hydrogen (secondary N) is 1. The number of nitrogens with zero attached hydrogens (tertiary/aromatic N) is 3. The number of hydrogen-bond acceptors (Lipinski definition) is 2. The predicted octanol–water partition coefficient (Wildman–Crippen LogP) is 3.71. The van der Waals surface area contributed by atoms with Gasteiger partial charge in [-0.3, -0.25) is 4.68 Å². The van der Waals surface area contributed by atoms with Crippen molar-refractivity contribution in [3.8, 4) is 0 Å². The molecule has 1 aromatic heterocycles. The van der Waals surface area contributed by atoms with Crippen LogP contribution in [-0.2, 0) is 13.6 Å². The van der Waals surface area contributed by atoms with Gasteiger partial charge in [0, 0.05) is 43.0 Å². The summed E-state index contributed by atoms with van der Waals surface area (Å²) in [5.41, 5.74) is 3.37. The standard InChI is InChI=1S/C18H20N4S/c1-13-15(11-19-22(13)3)12-21(2)18(23)20-17-10-6-8-14-7-4-5-9-16(14)17/h4-11H,12H2,1-3H3,(H,20,23). The molecule has 2 aromatic carbocycles. The lowest BCUT2D eigenvalue weighted by Gasteiger charge is -2.21. The van der Waals surface area contributed by atoms with E-state index in [0.717, 1.165) is 17.9 Å². The molecule has 0 aliphatic rings. The van der Waals surface area contributed by atoms with Crippen LogP contribution in [0.2, 0.25) is 0 Å². The van der Waals surface area contributed by atoms with E-state index in [4.69, 9.17) is 12.2 Å². The molecule has 3 aromatic rings. The molecule has 0 fully saturated rings. The van der Waals surface area contributed by atoms with E-state index in [2.05, 4.69) is 41.6 Å². The molecule has 0 amide bonds. The van der Waals surface area contributed by atoms with Crippen LogP contribution in [0.5, 0.6) is 0 Å². The third-order valence-electron chi connectivity index (χ3n) is 4.12. The average molecular weight is 324 g/mol. The van der Waals surface area contributed by atoms with E-state index in [9.17, 15) is 0 Å². The Kier molecular flexibility index (Phi) is 4.30. The van der Waals surface area contributed by atoms with Crippen molar-refractivity contribution in [3.05, 3.63) is 59.9 Å². The molecule has 0 bridgehead atoms. The highest BCUT2D eigenvalue weighted by atomic mass is 32.1. The van der Waals surface area contributed by atoms with Gasteiger partial charge in [0.25, 0.3) is 0 Å². The zero-order valence-electron chi connectivity index (χ0n) is 13.6. The number of hydrogen-bond donors (Lipinski definition) is 1. The quantitative estimate of drug-likeness (QED) is 0.745. The Bertz CT molecular complexity index is 848. The Labute approximate surface area is 141 Å². The average Bonchev–Trinajstić information content (AvgIpc) is 2.87. The maximum Gasteiger partial charge on any atom is 0.173 e. The highest BCUT2D eigenvalue weighted by Crippen LogP contribution is 2.23. The lowest BCUT2D eigenvalue weighted by Crippen LogP contribution is -2.30. The summed E-state index contributed by atoms with van der Waals surface area (Å²) in [4.78, 5) is 2.03. The highest BCUT2D eigenvalue weighted by Gasteiger charge is 2.11. The molecule has 0 aliphatic carbocycles. The SMILES string of the molecule is Cc1c(CN(C)C(=S)Nc2cccc3ccccc23)cnn1C. The van der Waals surface area contributed by atoms with Crippen molar-refractivity contribution in [1.82, 2.24) is 14.7 Å². The molecule has 0 radical (unpaired) electrons. The summed E-state index contributed by atoms with van der Waals surface area (Å²) in [5.74, 6) is 0. The number of benzene rings is 2. The van der Waals surface area contributed by atoms with Gasteiger partial charge < -0.3 is 10.2 Å². The second-order valence-electron chi connectivity index (χ2n) is 5.69. The van der Waals surface area contributed by atoms with Gasteiger partial charge in [0.1, 0.15) is 0 Å². The second-order valence-corrected chi connectivity index (χ2v) is 6.08. The molecule has 0 unspecified atom stereocenters. The minimum atomic E-state index is 0.699. The van der Waals surface area contributed by atoms with Crippen LogP contribution >= 0.6 is 12.2 Å². The maximum atomic E-state index is 5.56. The number of aryl methyl sites for hydroxylation is 1. The molecule has 0 spiro atoms. The third kappa shape index (κ3) is 3.19. The van der Waals surface area contributed by atoms with Crippen molar-refractivity contribution in [2.75, 3.05) is 12.4 Å². The summed E-state index contributed by atoms with van der Waals surface area (Å²) < 4.78 is 1.88. The van der Waals surface area contributed by atoms with Gasteiger partial charge in [0.2, 0.25) is 0 Å². The van der Waals surface area contributed by atoms with Gasteiger partial charge in [-0.15, -0.1) is 0 Å². The highest BCUT2D eigenvalue weighted by molar-refractivity contribution is 7.80. The van der Waals surface area contributed by atoms with Gasteiger partial charge in [-0.25, -0.2) is 0 Å². The Morgan fingerprint density at radius 1 is 1.22 bits per heavy atom. The van der Waals surface area contributed by atoms with Crippen LogP contribution in [0, 0.1) is 6.92 Å². The van der Waals surface area contributed by atoms with Gasteiger partial charge in [0.15, 0.2) is 5.11 Å². The molecule has 0 saturated heterocycles. The fourth-order valence-corrected chi connectivity index (χ4v) is 2.75. The first-order chi connectivity index (χ1) is 11.1. The molecular weight excluding hydrogens is 304 g/mol. The molecule has 0 aliphatic heterocycles. The molecule has 118 valence electrons. The predicted molar refractivity (Wildman–Crippen MR) is 99.6 cm³/mol. The Balaban J connectivity index is 1.76. The van der Waals surface area contributed by atoms with E-state index in [0.29, 0.717) is 5.11 Å². The number of anilines is 1. The molecule has 4 nitrogen and oxygen atoms in total. The molecule has 23 heavy (non-hydrogen) atoms. The van der Waals surface area contributed by atoms with Gasteiger partial charge >= 0.3 is 0 Å². The van der Waals surface area contributed by atoms with Crippen molar-refractivity contribution in [1.29, 1.82) is 0 Å². The van der Waals surface area contributed by atoms with Gasteiger partial charge in [-0.1, -0.05) is 36.4 Å². The van der Waals surface area contributed by atoms with E-state index in [1.54, 1.807) is 0 Å². The number of fused-ring (bicyclic) bond motifs is 1. The minimum Gasteiger partial charge on any atom is -0.348 e. The van der Waals surface area contributed by atoms with Crippen LogP contribution in [-0.4, -0.2) is 26.8 Å². The molecule has 5 heteroatoms. The van der Waals surface area contributed by atoms with E-state index in [1.165, 1.54) is 16.3 Å². The van der Waals surface area contributed by atoms with Crippen LogP contribution < -0.4 is 5.32 Å². The van der Waals surface area contributed by atoms with Crippen molar-refractivity contribution in [3.63, 3.8) is 0 Å². The zero-order chi connectivity index (χ0) is 16.4. The topological polar surface area (TPSA) is 33.1 Å². The number of thiocarbonyl (C=S) groups is 1. The fraction of sp³-hybridized carbons (Fsp3) is 0.222. The third-order valence-corrected chi connectivity index (χ3v) is 4.54. The Hall–Kier alpha value is -2.40. The largest absolute Gasteiger partial charge is 0.348 e. The van der Waals surface area contributed by atoms with E-state index in [1.807, 2.05) is 48.1 Å². The van der Waals surface area contributed by atoms with Crippen LogP contribution in [0.3, 0.4) is 0 Å². The summed E-state index contributed by atoms with van der Waals surface area (Å²) in [6.45, 7) is 2.80. The molecule has 1 N–H and O–H groups in total. The second kappa shape index (κ2) is 6.38. The minimum absolute atomic E-state index is 0.699. The van der Waals surface area contributed by atoms with Crippen LogP contribution in [0.15, 0.2) is 48.7 Å². The van der Waals surface area contributed by atoms with Crippen molar-refractivity contribution >= 4 is 33.8 Å². The molecule has 0 saturated carbocycles. The monoisotopic (exact) mass is 324 g/mol. The smallest absolute Gasteiger partial charge is 0.173 e. The van der Waals surface area contributed by atoms with Gasteiger partial charge in [0.05, 0.1) is 6.20 Å². The van der Waals surface area contributed by atoms with Crippen LogP contribution in [0.1, 0.15) is 11.3 Å². The van der Waals surface area contributed by atoms with Crippen molar-refractivity contribution < 1.29 is 0 Å². The molecule has 0 atom stereocenters. The van der Waals surface area contributed by atoms with Crippen LogP contribution in [0.4, 0.5) is 5.69 Å². The maximum absolute atomic E-state index is 5.56. The van der Waals surface area contributed by atoms with Crippen molar-refractivity contribution in [2.45, 2.75) is 13.5 Å². The number of aromatic nitrogens is 2. The summed E-state index contributed by atoms with van der Waals surface area (Å²) in [6, 6.07) is 14.5. The van der Waals surface area contributed by atoms with Crippen LogP contribution in [0.25, 0.3) is 10.8 Å². The zero-order valence-corrected chi connectivity index (χ0v) is 14.4. The normalized spacial score (nSPS) is 10.7. The number of rotatable bonds is 3. The lowest BCUT2D eigenvalue weighted by molar-refractivity contribution is 0.506. The Morgan fingerprint density at radius 3 is 2.70 bits per heavy atom. The molecular formula is C18H20N4S.